The molecule has 1 fully saturated rings. The average molecular weight is 279 g/mol. The number of ether oxygens (including phenoxy) is 1. The quantitative estimate of drug-likeness (QED) is 0.762. The zero-order valence-corrected chi connectivity index (χ0v) is 12.6. The van der Waals surface area contributed by atoms with Gasteiger partial charge in [-0.15, -0.1) is 0 Å². The van der Waals surface area contributed by atoms with Crippen molar-refractivity contribution in [1.29, 1.82) is 0 Å². The molecule has 0 radical (unpaired) electrons. The van der Waals surface area contributed by atoms with E-state index >= 15 is 0 Å². The van der Waals surface area contributed by atoms with Crippen LogP contribution in [-0.4, -0.2) is 34.1 Å². The molecule has 0 saturated heterocycles. The van der Waals surface area contributed by atoms with E-state index in [0.717, 1.165) is 19.0 Å². The maximum absolute atomic E-state index is 5.56. The maximum Gasteiger partial charge on any atom is 0.323 e. The van der Waals surface area contributed by atoms with Gasteiger partial charge in [0.15, 0.2) is 0 Å². The molecule has 0 unspecified atom stereocenters. The van der Waals surface area contributed by atoms with Crippen molar-refractivity contribution in [2.75, 3.05) is 23.7 Å². The first-order chi connectivity index (χ1) is 9.67. The molecule has 1 aliphatic rings. The maximum atomic E-state index is 5.56. The Morgan fingerprint density at radius 1 is 1.15 bits per heavy atom. The van der Waals surface area contributed by atoms with Crippen molar-refractivity contribution in [1.82, 2.24) is 15.0 Å². The van der Waals surface area contributed by atoms with Gasteiger partial charge in [-0.25, -0.2) is 0 Å². The first kappa shape index (κ1) is 14.8. The summed E-state index contributed by atoms with van der Waals surface area (Å²) < 4.78 is 5.56. The van der Waals surface area contributed by atoms with Gasteiger partial charge < -0.3 is 15.4 Å². The molecule has 1 aromatic heterocycles. The predicted molar refractivity (Wildman–Crippen MR) is 80.2 cm³/mol. The molecule has 112 valence electrons. The molecule has 0 aliphatic heterocycles. The van der Waals surface area contributed by atoms with E-state index in [1.54, 1.807) is 0 Å². The summed E-state index contributed by atoms with van der Waals surface area (Å²) in [6.07, 6.45) is 5.34. The fourth-order valence-corrected chi connectivity index (χ4v) is 2.11. The molecule has 6 heteroatoms. The van der Waals surface area contributed by atoms with Gasteiger partial charge in [-0.1, -0.05) is 19.3 Å². The molecule has 2 N–H and O–H groups in total. The Hall–Kier alpha value is -1.59. The zero-order valence-electron chi connectivity index (χ0n) is 12.6. The Balaban J connectivity index is 1.95. The van der Waals surface area contributed by atoms with Crippen LogP contribution >= 0.6 is 0 Å². The summed E-state index contributed by atoms with van der Waals surface area (Å²) in [5.41, 5.74) is 0. The van der Waals surface area contributed by atoms with Gasteiger partial charge in [0.1, 0.15) is 0 Å². The number of nitrogens with zero attached hydrogens (tertiary/aromatic N) is 3. The Morgan fingerprint density at radius 3 is 2.40 bits per heavy atom. The lowest BCUT2D eigenvalue weighted by Crippen LogP contribution is -2.18. The van der Waals surface area contributed by atoms with Gasteiger partial charge in [0.25, 0.3) is 0 Å². The molecule has 0 atom stereocenters. The van der Waals surface area contributed by atoms with E-state index < -0.39 is 0 Å². The largest absolute Gasteiger partial charge is 0.461 e. The molecule has 2 rings (SSSR count). The fraction of sp³-hybridized carbons (Fsp3) is 0.786. The SMILES string of the molecule is CCNc1nc(NCCC2CCC2)nc(OC(C)C)n1. The van der Waals surface area contributed by atoms with Crippen LogP contribution in [0.5, 0.6) is 6.01 Å². The molecule has 1 saturated carbocycles. The standard InChI is InChI=1S/C14H25N5O/c1-4-15-12-17-13(16-9-8-11-6-5-7-11)19-14(18-12)20-10(2)3/h10-11H,4-9H2,1-3H3,(H2,15,16,17,18,19). The van der Waals surface area contributed by atoms with E-state index in [-0.39, 0.29) is 6.10 Å². The summed E-state index contributed by atoms with van der Waals surface area (Å²) in [4.78, 5) is 12.9. The minimum absolute atomic E-state index is 0.0507. The molecule has 0 spiro atoms. The summed E-state index contributed by atoms with van der Waals surface area (Å²) >= 11 is 0. The highest BCUT2D eigenvalue weighted by Gasteiger charge is 2.17. The first-order valence-electron chi connectivity index (χ1n) is 7.58. The number of anilines is 2. The zero-order chi connectivity index (χ0) is 14.4. The Kier molecular flexibility index (Phi) is 5.38. The minimum Gasteiger partial charge on any atom is -0.461 e. The molecular formula is C14H25N5O. The van der Waals surface area contributed by atoms with Crippen molar-refractivity contribution in [3.8, 4) is 6.01 Å². The first-order valence-corrected chi connectivity index (χ1v) is 7.58. The van der Waals surface area contributed by atoms with Crippen molar-refractivity contribution in [3.63, 3.8) is 0 Å². The predicted octanol–water partition coefficient (Wildman–Crippen LogP) is 2.69. The highest BCUT2D eigenvalue weighted by atomic mass is 16.5. The lowest BCUT2D eigenvalue weighted by atomic mass is 9.83. The Morgan fingerprint density at radius 2 is 1.85 bits per heavy atom. The lowest BCUT2D eigenvalue weighted by molar-refractivity contribution is 0.222. The fourth-order valence-electron chi connectivity index (χ4n) is 2.11. The molecule has 0 bridgehead atoms. The van der Waals surface area contributed by atoms with Crippen LogP contribution in [0.4, 0.5) is 11.9 Å². The second-order valence-electron chi connectivity index (χ2n) is 5.47. The van der Waals surface area contributed by atoms with E-state index in [1.807, 2.05) is 20.8 Å². The highest BCUT2D eigenvalue weighted by molar-refractivity contribution is 5.35. The van der Waals surface area contributed by atoms with Crippen molar-refractivity contribution < 1.29 is 4.74 Å². The minimum atomic E-state index is 0.0507. The smallest absolute Gasteiger partial charge is 0.323 e. The van der Waals surface area contributed by atoms with Gasteiger partial charge in [-0.2, -0.15) is 15.0 Å². The number of aromatic nitrogens is 3. The van der Waals surface area contributed by atoms with Crippen molar-refractivity contribution >= 4 is 11.9 Å². The molecule has 1 heterocycles. The number of hydrogen-bond acceptors (Lipinski definition) is 6. The summed E-state index contributed by atoms with van der Waals surface area (Å²) in [6, 6.07) is 0.372. The molecule has 6 nitrogen and oxygen atoms in total. The number of rotatable bonds is 8. The molecule has 0 amide bonds. The van der Waals surface area contributed by atoms with Crippen molar-refractivity contribution in [2.45, 2.75) is 52.6 Å². The van der Waals surface area contributed by atoms with Crippen LogP contribution < -0.4 is 15.4 Å². The van der Waals surface area contributed by atoms with Crippen LogP contribution in [0.25, 0.3) is 0 Å². The van der Waals surface area contributed by atoms with Gasteiger partial charge in [-0.3, -0.25) is 0 Å². The van der Waals surface area contributed by atoms with E-state index in [4.69, 9.17) is 4.74 Å². The summed E-state index contributed by atoms with van der Waals surface area (Å²) in [7, 11) is 0. The molecule has 20 heavy (non-hydrogen) atoms. The normalized spacial score (nSPS) is 15.0. The lowest BCUT2D eigenvalue weighted by Gasteiger charge is -2.25. The molecule has 1 aromatic rings. The van der Waals surface area contributed by atoms with Crippen molar-refractivity contribution in [2.24, 2.45) is 5.92 Å². The van der Waals surface area contributed by atoms with Gasteiger partial charge >= 0.3 is 6.01 Å². The number of hydrogen-bond donors (Lipinski definition) is 2. The van der Waals surface area contributed by atoms with Gasteiger partial charge in [-0.05, 0) is 33.1 Å². The highest BCUT2D eigenvalue weighted by Crippen LogP contribution is 2.29. The second kappa shape index (κ2) is 7.26. The van der Waals surface area contributed by atoms with Crippen LogP contribution in [-0.2, 0) is 0 Å². The van der Waals surface area contributed by atoms with E-state index in [9.17, 15) is 0 Å². The summed E-state index contributed by atoms with van der Waals surface area (Å²) in [5, 5.41) is 6.37. The van der Waals surface area contributed by atoms with Crippen LogP contribution in [0.2, 0.25) is 0 Å². The van der Waals surface area contributed by atoms with Crippen molar-refractivity contribution in [3.05, 3.63) is 0 Å². The molecular weight excluding hydrogens is 254 g/mol. The molecule has 0 aromatic carbocycles. The van der Waals surface area contributed by atoms with E-state index in [2.05, 4.69) is 25.6 Å². The Labute approximate surface area is 120 Å². The topological polar surface area (TPSA) is 72.0 Å². The van der Waals surface area contributed by atoms with Crippen LogP contribution in [0.3, 0.4) is 0 Å². The van der Waals surface area contributed by atoms with E-state index in [0.29, 0.717) is 17.9 Å². The summed E-state index contributed by atoms with van der Waals surface area (Å²) in [6.45, 7) is 7.60. The van der Waals surface area contributed by atoms with Gasteiger partial charge in [0, 0.05) is 13.1 Å². The summed E-state index contributed by atoms with van der Waals surface area (Å²) in [5.74, 6) is 2.03. The third-order valence-electron chi connectivity index (χ3n) is 3.35. The van der Waals surface area contributed by atoms with Gasteiger partial charge in [0.2, 0.25) is 11.9 Å². The third kappa shape index (κ3) is 4.51. The van der Waals surface area contributed by atoms with E-state index in [1.165, 1.54) is 25.7 Å². The van der Waals surface area contributed by atoms with Crippen LogP contribution in [0, 0.1) is 5.92 Å². The second-order valence-corrected chi connectivity index (χ2v) is 5.47. The Bertz CT molecular complexity index is 420. The van der Waals surface area contributed by atoms with Crippen LogP contribution in [0.15, 0.2) is 0 Å². The third-order valence-corrected chi connectivity index (χ3v) is 3.35. The van der Waals surface area contributed by atoms with Gasteiger partial charge in [0.05, 0.1) is 6.10 Å². The number of nitrogens with one attached hydrogen (secondary N) is 2. The average Bonchev–Trinajstić information content (AvgIpc) is 2.31. The monoisotopic (exact) mass is 279 g/mol. The van der Waals surface area contributed by atoms with Crippen LogP contribution in [0.1, 0.15) is 46.5 Å². The molecule has 1 aliphatic carbocycles.